The summed E-state index contributed by atoms with van der Waals surface area (Å²) in [5, 5.41) is 9.31. The molecular weight excluding hydrogens is 450 g/mol. The first-order valence-corrected chi connectivity index (χ1v) is 11.6. The maximum atomic E-state index is 13.0. The number of aryl methyl sites for hydroxylation is 1. The molecule has 0 N–H and O–H groups in total. The van der Waals surface area contributed by atoms with E-state index in [2.05, 4.69) is 10.2 Å². The summed E-state index contributed by atoms with van der Waals surface area (Å²) in [7, 11) is 3.10. The van der Waals surface area contributed by atoms with Gasteiger partial charge >= 0.3 is 0 Å². The lowest BCUT2D eigenvalue weighted by molar-refractivity contribution is 0.101. The first kappa shape index (κ1) is 23.4. The predicted octanol–water partition coefficient (Wildman–Crippen LogP) is 5.15. The van der Waals surface area contributed by atoms with E-state index in [4.69, 9.17) is 14.2 Å². The molecule has 4 rings (SSSR count). The third-order valence-corrected chi connectivity index (χ3v) is 6.07. The van der Waals surface area contributed by atoms with E-state index in [1.54, 1.807) is 32.4 Å². The Morgan fingerprint density at radius 2 is 1.68 bits per heavy atom. The van der Waals surface area contributed by atoms with Gasteiger partial charge in [0.05, 0.1) is 25.5 Å². The Balaban J connectivity index is 1.58. The number of para-hydroxylation sites is 1. The molecule has 0 radical (unpaired) electrons. The monoisotopic (exact) mass is 475 g/mol. The fraction of sp³-hybridized carbons (Fsp3) is 0.192. The van der Waals surface area contributed by atoms with E-state index < -0.39 is 0 Å². The number of hydrogen-bond donors (Lipinski definition) is 0. The van der Waals surface area contributed by atoms with E-state index in [1.165, 1.54) is 11.8 Å². The molecular formula is C26H25N3O4S. The lowest BCUT2D eigenvalue weighted by atomic mass is 10.1. The van der Waals surface area contributed by atoms with Gasteiger partial charge in [-0.15, -0.1) is 10.2 Å². The second kappa shape index (κ2) is 10.9. The molecule has 1 aromatic heterocycles. The fourth-order valence-corrected chi connectivity index (χ4v) is 4.20. The molecule has 7 nitrogen and oxygen atoms in total. The van der Waals surface area contributed by atoms with Crippen LogP contribution in [0.4, 0.5) is 0 Å². The van der Waals surface area contributed by atoms with E-state index >= 15 is 0 Å². The van der Waals surface area contributed by atoms with Gasteiger partial charge in [0.15, 0.2) is 16.8 Å². The van der Waals surface area contributed by atoms with Gasteiger partial charge in [-0.05, 0) is 49.4 Å². The van der Waals surface area contributed by atoms with Crippen LogP contribution < -0.4 is 14.2 Å². The first-order valence-electron chi connectivity index (χ1n) is 10.7. The smallest absolute Gasteiger partial charge is 0.196 e. The van der Waals surface area contributed by atoms with Crippen LogP contribution in [0.2, 0.25) is 0 Å². The average molecular weight is 476 g/mol. The molecule has 34 heavy (non-hydrogen) atoms. The quantitative estimate of drug-likeness (QED) is 0.232. The number of nitrogens with zero attached hydrogens (tertiary/aromatic N) is 3. The zero-order chi connectivity index (χ0) is 23.9. The molecule has 0 aliphatic rings. The van der Waals surface area contributed by atoms with Crippen molar-refractivity contribution in [3.05, 3.63) is 89.7 Å². The topological polar surface area (TPSA) is 75.5 Å². The first-order chi connectivity index (χ1) is 16.6. The molecule has 0 saturated carbocycles. The number of ether oxygens (including phenoxy) is 3. The number of carbonyl (C=O) groups excluding carboxylic acids is 1. The predicted molar refractivity (Wildman–Crippen MR) is 131 cm³/mol. The molecule has 174 valence electrons. The van der Waals surface area contributed by atoms with Gasteiger partial charge in [-0.25, -0.2) is 0 Å². The number of carbonyl (C=O) groups is 1. The molecule has 8 heteroatoms. The Morgan fingerprint density at radius 1 is 0.912 bits per heavy atom. The fourth-order valence-electron chi connectivity index (χ4n) is 3.34. The van der Waals surface area contributed by atoms with Crippen molar-refractivity contribution < 1.29 is 19.0 Å². The third-order valence-electron chi connectivity index (χ3n) is 5.14. The Hall–Kier alpha value is -3.78. The number of thioether (sulfide) groups is 1. The largest absolute Gasteiger partial charge is 0.497 e. The van der Waals surface area contributed by atoms with Crippen LogP contribution in [0.1, 0.15) is 21.7 Å². The summed E-state index contributed by atoms with van der Waals surface area (Å²) < 4.78 is 18.5. The molecule has 0 bridgehead atoms. The van der Waals surface area contributed by atoms with Crippen LogP contribution >= 0.6 is 11.8 Å². The summed E-state index contributed by atoms with van der Waals surface area (Å²) in [4.78, 5) is 13.0. The molecule has 0 amide bonds. The maximum absolute atomic E-state index is 13.0. The minimum Gasteiger partial charge on any atom is -0.497 e. The van der Waals surface area contributed by atoms with Gasteiger partial charge in [0.25, 0.3) is 0 Å². The van der Waals surface area contributed by atoms with Crippen molar-refractivity contribution in [3.8, 4) is 22.9 Å². The normalized spacial score (nSPS) is 10.7. The molecule has 0 atom stereocenters. The lowest BCUT2D eigenvalue weighted by Crippen LogP contribution is -2.09. The lowest BCUT2D eigenvalue weighted by Gasteiger charge is -2.12. The maximum Gasteiger partial charge on any atom is 0.196 e. The molecule has 0 aliphatic carbocycles. The molecule has 0 spiro atoms. The van der Waals surface area contributed by atoms with Crippen molar-refractivity contribution in [2.24, 2.45) is 0 Å². The highest BCUT2D eigenvalue weighted by atomic mass is 32.2. The van der Waals surface area contributed by atoms with E-state index in [0.29, 0.717) is 28.0 Å². The summed E-state index contributed by atoms with van der Waals surface area (Å²) in [5.41, 5.74) is 2.51. The SMILES string of the molecule is COc1ccc(OC)c(C(=O)CSc2nnc(COc3ccccc3)n2-c2ccc(C)cc2)c1. The number of rotatable bonds is 10. The van der Waals surface area contributed by atoms with Crippen molar-refractivity contribution in [3.63, 3.8) is 0 Å². The second-order valence-corrected chi connectivity index (χ2v) is 8.39. The zero-order valence-corrected chi connectivity index (χ0v) is 20.0. The standard InChI is InChI=1S/C26H25N3O4S/c1-18-9-11-19(12-10-18)29-25(16-33-20-7-5-4-6-8-20)27-28-26(29)34-17-23(30)22-15-21(31-2)13-14-24(22)32-3/h4-15H,16-17H2,1-3H3. The van der Waals surface area contributed by atoms with Gasteiger partial charge in [0, 0.05) is 5.69 Å². The van der Waals surface area contributed by atoms with E-state index in [0.717, 1.165) is 17.0 Å². The summed E-state index contributed by atoms with van der Waals surface area (Å²) in [5.74, 6) is 2.55. The van der Waals surface area contributed by atoms with Gasteiger partial charge in [-0.3, -0.25) is 9.36 Å². The average Bonchev–Trinajstić information content (AvgIpc) is 3.29. The summed E-state index contributed by atoms with van der Waals surface area (Å²) in [6, 6.07) is 22.8. The zero-order valence-electron chi connectivity index (χ0n) is 19.2. The van der Waals surface area contributed by atoms with Crippen molar-refractivity contribution in [2.75, 3.05) is 20.0 Å². The van der Waals surface area contributed by atoms with Crippen LogP contribution in [0.3, 0.4) is 0 Å². The number of methoxy groups -OCH3 is 2. The van der Waals surface area contributed by atoms with Crippen LogP contribution in [0.15, 0.2) is 78.0 Å². The van der Waals surface area contributed by atoms with Crippen LogP contribution in [-0.2, 0) is 6.61 Å². The van der Waals surface area contributed by atoms with Crippen molar-refractivity contribution in [1.29, 1.82) is 0 Å². The van der Waals surface area contributed by atoms with Gasteiger partial charge in [0.2, 0.25) is 0 Å². The Bertz CT molecular complexity index is 1260. The minimum absolute atomic E-state index is 0.0960. The van der Waals surface area contributed by atoms with E-state index in [9.17, 15) is 4.79 Å². The Kier molecular flexibility index (Phi) is 7.49. The van der Waals surface area contributed by atoms with Crippen molar-refractivity contribution in [2.45, 2.75) is 18.7 Å². The van der Waals surface area contributed by atoms with E-state index in [1.807, 2.05) is 66.1 Å². The number of hydrogen-bond acceptors (Lipinski definition) is 7. The molecule has 1 heterocycles. The van der Waals surface area contributed by atoms with Crippen molar-refractivity contribution >= 4 is 17.5 Å². The van der Waals surface area contributed by atoms with Gasteiger partial charge in [-0.2, -0.15) is 0 Å². The Labute approximate surface area is 202 Å². The van der Waals surface area contributed by atoms with Gasteiger partial charge < -0.3 is 14.2 Å². The number of aromatic nitrogens is 3. The van der Waals surface area contributed by atoms with Crippen LogP contribution in [-0.4, -0.2) is 40.5 Å². The highest BCUT2D eigenvalue weighted by Crippen LogP contribution is 2.28. The number of benzene rings is 3. The minimum atomic E-state index is -0.0960. The molecule has 3 aromatic carbocycles. The molecule has 0 saturated heterocycles. The molecule has 4 aromatic rings. The summed E-state index contributed by atoms with van der Waals surface area (Å²) in [6.07, 6.45) is 0. The molecule has 0 fully saturated rings. The molecule has 0 aliphatic heterocycles. The van der Waals surface area contributed by atoms with Crippen LogP contribution in [0, 0.1) is 6.92 Å². The van der Waals surface area contributed by atoms with Crippen LogP contribution in [0.25, 0.3) is 5.69 Å². The number of ketones is 1. The second-order valence-electron chi connectivity index (χ2n) is 7.45. The summed E-state index contributed by atoms with van der Waals surface area (Å²) >= 11 is 1.31. The molecule has 0 unspecified atom stereocenters. The Morgan fingerprint density at radius 3 is 2.38 bits per heavy atom. The van der Waals surface area contributed by atoms with Gasteiger partial charge in [0.1, 0.15) is 23.9 Å². The highest BCUT2D eigenvalue weighted by molar-refractivity contribution is 7.99. The van der Waals surface area contributed by atoms with E-state index in [-0.39, 0.29) is 18.1 Å². The number of Topliss-reactive ketones (excluding diaryl/α,β-unsaturated/α-hetero) is 1. The third kappa shape index (κ3) is 5.40. The van der Waals surface area contributed by atoms with Crippen molar-refractivity contribution in [1.82, 2.24) is 14.8 Å². The van der Waals surface area contributed by atoms with Crippen LogP contribution in [0.5, 0.6) is 17.2 Å². The highest BCUT2D eigenvalue weighted by Gasteiger charge is 2.19. The summed E-state index contributed by atoms with van der Waals surface area (Å²) in [6.45, 7) is 2.27. The van der Waals surface area contributed by atoms with Gasteiger partial charge in [-0.1, -0.05) is 47.7 Å².